The quantitative estimate of drug-likeness (QED) is 0.238. The minimum atomic E-state index is -0.843. The first-order chi connectivity index (χ1) is 19.0. The Morgan fingerprint density at radius 1 is 0.410 bits per heavy atom. The van der Waals surface area contributed by atoms with E-state index in [1.54, 1.807) is 0 Å². The molecule has 194 valence electrons. The standard InChI is InChI=1S/C35H32O2P2/c1-24-5-13-28(14-6-24)38(29-15-7-25(2)8-16-29)34-21-32-33(37-23-36-32)22-35(34)39(30-17-9-26(3)10-18-30)31-19-11-27(4)12-20-31/h5-22H,23H2,1-4H3. The van der Waals surface area contributed by atoms with Crippen LogP contribution in [0.25, 0.3) is 0 Å². The van der Waals surface area contributed by atoms with Gasteiger partial charge in [-0.1, -0.05) is 119 Å². The van der Waals surface area contributed by atoms with E-state index in [-0.39, 0.29) is 6.79 Å². The lowest BCUT2D eigenvalue weighted by Gasteiger charge is -2.28. The number of aryl methyl sites for hydroxylation is 4. The van der Waals surface area contributed by atoms with Crippen LogP contribution in [-0.2, 0) is 0 Å². The fraction of sp³-hybridized carbons (Fsp3) is 0.143. The Bertz CT molecular complexity index is 1380. The lowest BCUT2D eigenvalue weighted by molar-refractivity contribution is 0.174. The molecule has 1 heterocycles. The molecule has 0 saturated carbocycles. The van der Waals surface area contributed by atoms with Crippen molar-refractivity contribution in [3.63, 3.8) is 0 Å². The Morgan fingerprint density at radius 3 is 0.923 bits per heavy atom. The smallest absolute Gasteiger partial charge is 0.231 e. The molecule has 5 aromatic carbocycles. The fourth-order valence-electron chi connectivity index (χ4n) is 4.91. The van der Waals surface area contributed by atoms with Crippen LogP contribution in [0.1, 0.15) is 22.3 Å². The van der Waals surface area contributed by atoms with E-state index in [0.29, 0.717) is 0 Å². The normalized spacial score (nSPS) is 12.4. The number of hydrogen-bond donors (Lipinski definition) is 0. The molecule has 39 heavy (non-hydrogen) atoms. The molecule has 0 N–H and O–H groups in total. The van der Waals surface area contributed by atoms with Crippen molar-refractivity contribution in [3.8, 4) is 11.5 Å². The maximum atomic E-state index is 5.97. The van der Waals surface area contributed by atoms with E-state index < -0.39 is 15.8 Å². The van der Waals surface area contributed by atoms with Gasteiger partial charge in [0, 0.05) is 0 Å². The monoisotopic (exact) mass is 546 g/mol. The van der Waals surface area contributed by atoms with Gasteiger partial charge < -0.3 is 9.47 Å². The van der Waals surface area contributed by atoms with Crippen molar-refractivity contribution >= 4 is 47.7 Å². The van der Waals surface area contributed by atoms with Crippen LogP contribution in [0.3, 0.4) is 0 Å². The number of benzene rings is 5. The molecule has 0 radical (unpaired) electrons. The Balaban J connectivity index is 1.64. The van der Waals surface area contributed by atoms with Gasteiger partial charge in [0.1, 0.15) is 0 Å². The van der Waals surface area contributed by atoms with E-state index in [1.807, 2.05) is 0 Å². The van der Waals surface area contributed by atoms with Crippen molar-refractivity contribution < 1.29 is 9.47 Å². The molecular weight excluding hydrogens is 514 g/mol. The van der Waals surface area contributed by atoms with E-state index in [1.165, 1.54) is 54.1 Å². The average Bonchev–Trinajstić information content (AvgIpc) is 3.41. The molecule has 2 nitrogen and oxygen atoms in total. The Hall–Kier alpha value is -3.44. The van der Waals surface area contributed by atoms with Crippen LogP contribution in [0, 0.1) is 27.7 Å². The van der Waals surface area contributed by atoms with E-state index in [4.69, 9.17) is 9.47 Å². The van der Waals surface area contributed by atoms with E-state index in [9.17, 15) is 0 Å². The number of fused-ring (bicyclic) bond motifs is 1. The molecule has 0 spiro atoms. The van der Waals surface area contributed by atoms with E-state index in [2.05, 4.69) is 137 Å². The lowest BCUT2D eigenvalue weighted by Crippen LogP contribution is -2.34. The van der Waals surface area contributed by atoms with Crippen molar-refractivity contribution in [3.05, 3.63) is 131 Å². The number of hydrogen-bond acceptors (Lipinski definition) is 2. The second-order valence-electron chi connectivity index (χ2n) is 10.2. The molecule has 6 rings (SSSR count). The molecule has 0 atom stereocenters. The molecule has 0 saturated heterocycles. The van der Waals surface area contributed by atoms with Crippen LogP contribution < -0.4 is 41.3 Å². The molecule has 0 unspecified atom stereocenters. The van der Waals surface area contributed by atoms with Gasteiger partial charge in [-0.2, -0.15) is 0 Å². The third kappa shape index (κ3) is 5.38. The summed E-state index contributed by atoms with van der Waals surface area (Å²) in [5.74, 6) is 1.67. The Morgan fingerprint density at radius 2 is 0.667 bits per heavy atom. The summed E-state index contributed by atoms with van der Waals surface area (Å²) in [6.07, 6.45) is 0. The van der Waals surface area contributed by atoms with Gasteiger partial charge in [-0.3, -0.25) is 0 Å². The molecule has 0 bridgehead atoms. The number of rotatable bonds is 6. The minimum Gasteiger partial charge on any atom is -0.454 e. The molecular formula is C35H32O2P2. The number of ether oxygens (including phenoxy) is 2. The first-order valence-electron chi connectivity index (χ1n) is 13.3. The van der Waals surface area contributed by atoms with Gasteiger partial charge in [0.15, 0.2) is 11.5 Å². The van der Waals surface area contributed by atoms with Crippen LogP contribution in [0.4, 0.5) is 0 Å². The molecule has 0 aromatic heterocycles. The second kappa shape index (κ2) is 11.0. The van der Waals surface area contributed by atoms with Crippen molar-refractivity contribution in [2.45, 2.75) is 27.7 Å². The molecule has 0 fully saturated rings. The van der Waals surface area contributed by atoms with Crippen molar-refractivity contribution in [1.82, 2.24) is 0 Å². The summed E-state index contributed by atoms with van der Waals surface area (Å²) < 4.78 is 11.9. The van der Waals surface area contributed by atoms with Gasteiger partial charge in [-0.25, -0.2) is 0 Å². The molecule has 1 aliphatic heterocycles. The van der Waals surface area contributed by atoms with Gasteiger partial charge in [-0.05, 0) is 87.5 Å². The highest BCUT2D eigenvalue weighted by molar-refractivity contribution is 7.85. The van der Waals surface area contributed by atoms with Crippen LogP contribution in [-0.4, -0.2) is 6.79 Å². The third-order valence-corrected chi connectivity index (χ3v) is 12.3. The largest absolute Gasteiger partial charge is 0.454 e. The average molecular weight is 547 g/mol. The van der Waals surface area contributed by atoms with Gasteiger partial charge in [0.25, 0.3) is 0 Å². The molecule has 4 heteroatoms. The minimum absolute atomic E-state index is 0.262. The summed E-state index contributed by atoms with van der Waals surface area (Å²) in [7, 11) is -1.69. The summed E-state index contributed by atoms with van der Waals surface area (Å²) in [6.45, 7) is 8.87. The van der Waals surface area contributed by atoms with Crippen LogP contribution in [0.2, 0.25) is 0 Å². The zero-order chi connectivity index (χ0) is 26.9. The highest BCUT2D eigenvalue weighted by atomic mass is 31.1. The predicted molar refractivity (Wildman–Crippen MR) is 169 cm³/mol. The van der Waals surface area contributed by atoms with Crippen molar-refractivity contribution in [1.29, 1.82) is 0 Å². The zero-order valence-electron chi connectivity index (χ0n) is 22.8. The van der Waals surface area contributed by atoms with Crippen LogP contribution >= 0.6 is 15.8 Å². The summed E-state index contributed by atoms with van der Waals surface area (Å²) in [5.41, 5.74) is 5.07. The van der Waals surface area contributed by atoms with Gasteiger partial charge in [0.05, 0.1) is 0 Å². The van der Waals surface area contributed by atoms with E-state index in [0.717, 1.165) is 11.5 Å². The maximum absolute atomic E-state index is 5.97. The van der Waals surface area contributed by atoms with Crippen molar-refractivity contribution in [2.24, 2.45) is 0 Å². The van der Waals surface area contributed by atoms with Crippen molar-refractivity contribution in [2.75, 3.05) is 6.79 Å². The van der Waals surface area contributed by atoms with E-state index >= 15 is 0 Å². The summed E-state index contributed by atoms with van der Waals surface area (Å²) in [6, 6.07) is 40.8. The van der Waals surface area contributed by atoms with Crippen LogP contribution in [0.15, 0.2) is 109 Å². The van der Waals surface area contributed by atoms with Gasteiger partial charge in [0.2, 0.25) is 6.79 Å². The third-order valence-electron chi connectivity index (χ3n) is 7.12. The summed E-state index contributed by atoms with van der Waals surface area (Å²) in [4.78, 5) is 0. The topological polar surface area (TPSA) is 18.5 Å². The molecule has 1 aliphatic rings. The predicted octanol–water partition coefficient (Wildman–Crippen LogP) is 6.17. The molecule has 0 aliphatic carbocycles. The second-order valence-corrected chi connectivity index (χ2v) is 14.6. The lowest BCUT2D eigenvalue weighted by atomic mass is 10.2. The first kappa shape index (κ1) is 25.8. The Labute approximate surface area is 234 Å². The summed E-state index contributed by atoms with van der Waals surface area (Å²) in [5, 5.41) is 8.00. The first-order valence-corrected chi connectivity index (χ1v) is 16.0. The summed E-state index contributed by atoms with van der Waals surface area (Å²) >= 11 is 0. The maximum Gasteiger partial charge on any atom is 0.231 e. The highest BCUT2D eigenvalue weighted by Crippen LogP contribution is 2.43. The zero-order valence-corrected chi connectivity index (χ0v) is 24.6. The fourth-order valence-corrected chi connectivity index (χ4v) is 10.1. The molecule has 0 amide bonds. The van der Waals surface area contributed by atoms with Gasteiger partial charge >= 0.3 is 0 Å². The SMILES string of the molecule is Cc1ccc(P(c2ccc(C)cc2)c2cc3c(cc2P(c2ccc(C)cc2)c2ccc(C)cc2)OCO3)cc1. The highest BCUT2D eigenvalue weighted by Gasteiger charge is 2.29. The Kier molecular flexibility index (Phi) is 7.26. The molecule has 5 aromatic rings. The van der Waals surface area contributed by atoms with Gasteiger partial charge in [-0.15, -0.1) is 0 Å². The van der Waals surface area contributed by atoms with Crippen LogP contribution in [0.5, 0.6) is 11.5 Å².